The Morgan fingerprint density at radius 2 is 2.00 bits per heavy atom. The van der Waals surface area contributed by atoms with Crippen molar-refractivity contribution in [3.05, 3.63) is 77.1 Å². The van der Waals surface area contributed by atoms with Gasteiger partial charge in [-0.1, -0.05) is 18.2 Å². The van der Waals surface area contributed by atoms with Crippen molar-refractivity contribution in [2.75, 3.05) is 4.90 Å². The molecule has 156 valence electrons. The molecule has 0 aliphatic rings. The smallest absolute Gasteiger partial charge is 0.338 e. The van der Waals surface area contributed by atoms with E-state index in [1.807, 2.05) is 31.2 Å². The third-order valence-corrected chi connectivity index (χ3v) is 5.23. The lowest BCUT2D eigenvalue weighted by atomic mass is 10.2. The summed E-state index contributed by atoms with van der Waals surface area (Å²) in [5.41, 5.74) is 3.35. The molecule has 0 spiro atoms. The zero-order valence-electron chi connectivity index (χ0n) is 16.8. The van der Waals surface area contributed by atoms with Gasteiger partial charge in [0.05, 0.1) is 22.6 Å². The third-order valence-electron chi connectivity index (χ3n) is 4.35. The monoisotopic (exact) mass is 434 g/mol. The summed E-state index contributed by atoms with van der Waals surface area (Å²) < 4.78 is 6.86. The summed E-state index contributed by atoms with van der Waals surface area (Å²) >= 11 is 1.31. The molecule has 1 amide bonds. The Bertz CT molecular complexity index is 1220. The first kappa shape index (κ1) is 20.4. The average molecular weight is 434 g/mol. The van der Waals surface area contributed by atoms with Gasteiger partial charge in [0.1, 0.15) is 12.9 Å². The minimum atomic E-state index is -0.494. The van der Waals surface area contributed by atoms with E-state index in [1.165, 1.54) is 29.3 Å². The van der Waals surface area contributed by atoms with Crippen molar-refractivity contribution in [2.45, 2.75) is 20.5 Å². The van der Waals surface area contributed by atoms with Crippen molar-refractivity contribution in [3.63, 3.8) is 0 Å². The van der Waals surface area contributed by atoms with E-state index in [4.69, 9.17) is 4.74 Å². The van der Waals surface area contributed by atoms with Gasteiger partial charge in [-0.05, 0) is 53.2 Å². The Morgan fingerprint density at radius 1 is 1.16 bits per heavy atom. The van der Waals surface area contributed by atoms with Gasteiger partial charge in [-0.25, -0.2) is 14.5 Å². The van der Waals surface area contributed by atoms with Crippen molar-refractivity contribution in [1.29, 1.82) is 0 Å². The highest BCUT2D eigenvalue weighted by Crippen LogP contribution is 2.29. The van der Waals surface area contributed by atoms with E-state index in [0.29, 0.717) is 22.1 Å². The molecule has 10 heteroatoms. The molecular weight excluding hydrogens is 416 g/mol. The number of aromatic nitrogens is 5. The topological polar surface area (TPSA) is 103 Å². The van der Waals surface area contributed by atoms with Gasteiger partial charge in [-0.2, -0.15) is 0 Å². The number of aryl methyl sites for hydroxylation is 1. The molecule has 31 heavy (non-hydrogen) atoms. The van der Waals surface area contributed by atoms with Crippen LogP contribution in [0.3, 0.4) is 0 Å². The minimum absolute atomic E-state index is 0.00992. The van der Waals surface area contributed by atoms with Gasteiger partial charge >= 0.3 is 5.97 Å². The molecule has 2 heterocycles. The fourth-order valence-corrected chi connectivity index (χ4v) is 3.81. The summed E-state index contributed by atoms with van der Waals surface area (Å²) in [5.74, 6) is -0.644. The SMILES string of the molecule is CC(=O)N(c1cccc(C)c1)c1nc(COC(=O)c2cccc(-n3cnnn3)c2)cs1. The van der Waals surface area contributed by atoms with Crippen LogP contribution in [0.4, 0.5) is 10.8 Å². The van der Waals surface area contributed by atoms with Gasteiger partial charge in [0.15, 0.2) is 5.13 Å². The number of esters is 1. The Balaban J connectivity index is 1.46. The van der Waals surface area contributed by atoms with Crippen LogP contribution in [0.15, 0.2) is 60.2 Å². The number of carbonyl (C=O) groups is 2. The van der Waals surface area contributed by atoms with Crippen LogP contribution in [0.25, 0.3) is 5.69 Å². The predicted octanol–water partition coefficient (Wildman–Crippen LogP) is 3.47. The van der Waals surface area contributed by atoms with Crippen LogP contribution in [-0.2, 0) is 16.1 Å². The highest BCUT2D eigenvalue weighted by Gasteiger charge is 2.19. The molecule has 2 aromatic carbocycles. The molecule has 4 aromatic rings. The number of hydrogen-bond donors (Lipinski definition) is 0. The number of ether oxygens (including phenoxy) is 1. The van der Waals surface area contributed by atoms with Crippen molar-refractivity contribution >= 4 is 34.0 Å². The average Bonchev–Trinajstić information content (AvgIpc) is 3.45. The summed E-state index contributed by atoms with van der Waals surface area (Å²) in [4.78, 5) is 30.7. The predicted molar refractivity (Wildman–Crippen MR) is 114 cm³/mol. The third kappa shape index (κ3) is 4.64. The van der Waals surface area contributed by atoms with Gasteiger partial charge in [0, 0.05) is 12.3 Å². The van der Waals surface area contributed by atoms with Gasteiger partial charge in [0.25, 0.3) is 0 Å². The van der Waals surface area contributed by atoms with Crippen LogP contribution in [0.5, 0.6) is 0 Å². The summed E-state index contributed by atoms with van der Waals surface area (Å²) in [6, 6.07) is 14.4. The molecule has 0 unspecified atom stereocenters. The van der Waals surface area contributed by atoms with E-state index in [2.05, 4.69) is 20.5 Å². The molecule has 0 aliphatic heterocycles. The molecule has 0 saturated heterocycles. The molecule has 0 aliphatic carbocycles. The number of anilines is 2. The zero-order valence-corrected chi connectivity index (χ0v) is 17.6. The molecule has 2 aromatic heterocycles. The van der Waals surface area contributed by atoms with E-state index in [0.717, 1.165) is 11.3 Å². The number of carbonyl (C=O) groups excluding carboxylic acids is 2. The Hall–Kier alpha value is -3.92. The fourth-order valence-electron chi connectivity index (χ4n) is 2.94. The number of tetrazole rings is 1. The molecule has 0 saturated carbocycles. The Kier molecular flexibility index (Phi) is 5.80. The maximum Gasteiger partial charge on any atom is 0.338 e. The summed E-state index contributed by atoms with van der Waals surface area (Å²) in [7, 11) is 0. The quantitative estimate of drug-likeness (QED) is 0.428. The minimum Gasteiger partial charge on any atom is -0.456 e. The fraction of sp³-hybridized carbons (Fsp3) is 0.143. The molecule has 4 rings (SSSR count). The molecule has 0 N–H and O–H groups in total. The van der Waals surface area contributed by atoms with E-state index < -0.39 is 5.97 Å². The van der Waals surface area contributed by atoms with E-state index in [-0.39, 0.29) is 12.5 Å². The molecule has 0 bridgehead atoms. The maximum atomic E-state index is 12.5. The number of rotatable bonds is 6. The standard InChI is InChI=1S/C21H18N6O3S/c1-14-5-3-8-19(9-14)27(15(2)28)21-23-17(12-31-21)11-30-20(29)16-6-4-7-18(10-16)26-13-22-24-25-26/h3-10,12-13H,11H2,1-2H3. The van der Waals surface area contributed by atoms with Crippen molar-refractivity contribution in [1.82, 2.24) is 25.2 Å². The van der Waals surface area contributed by atoms with Crippen LogP contribution in [0.1, 0.15) is 28.5 Å². The first-order valence-corrected chi connectivity index (χ1v) is 10.2. The Labute approximate surface area is 181 Å². The van der Waals surface area contributed by atoms with Gasteiger partial charge in [-0.15, -0.1) is 16.4 Å². The summed E-state index contributed by atoms with van der Waals surface area (Å²) in [5, 5.41) is 13.3. The van der Waals surface area contributed by atoms with Gasteiger partial charge in [0.2, 0.25) is 5.91 Å². The first-order chi connectivity index (χ1) is 15.0. The normalized spacial score (nSPS) is 10.6. The van der Waals surface area contributed by atoms with E-state index >= 15 is 0 Å². The number of thiazole rings is 1. The maximum absolute atomic E-state index is 12.5. The van der Waals surface area contributed by atoms with Crippen LogP contribution in [-0.4, -0.2) is 37.1 Å². The number of benzene rings is 2. The molecule has 0 fully saturated rings. The second kappa shape index (κ2) is 8.84. The van der Waals surface area contributed by atoms with Crippen LogP contribution in [0, 0.1) is 6.92 Å². The molecule has 9 nitrogen and oxygen atoms in total. The van der Waals surface area contributed by atoms with Crippen LogP contribution in [0.2, 0.25) is 0 Å². The first-order valence-electron chi connectivity index (χ1n) is 9.33. The lowest BCUT2D eigenvalue weighted by molar-refractivity contribution is -0.115. The van der Waals surface area contributed by atoms with Crippen molar-refractivity contribution < 1.29 is 14.3 Å². The Morgan fingerprint density at radius 3 is 2.74 bits per heavy atom. The largest absolute Gasteiger partial charge is 0.456 e. The number of nitrogens with zero attached hydrogens (tertiary/aromatic N) is 6. The lowest BCUT2D eigenvalue weighted by Crippen LogP contribution is -2.22. The van der Waals surface area contributed by atoms with Crippen molar-refractivity contribution in [2.24, 2.45) is 0 Å². The molecule has 0 atom stereocenters. The van der Waals surface area contributed by atoms with Gasteiger partial charge < -0.3 is 4.74 Å². The van der Waals surface area contributed by atoms with Crippen LogP contribution >= 0.6 is 11.3 Å². The van der Waals surface area contributed by atoms with Gasteiger partial charge in [-0.3, -0.25) is 9.69 Å². The lowest BCUT2D eigenvalue weighted by Gasteiger charge is -2.18. The second-order valence-electron chi connectivity index (χ2n) is 6.70. The highest BCUT2D eigenvalue weighted by molar-refractivity contribution is 7.14. The van der Waals surface area contributed by atoms with E-state index in [1.54, 1.807) is 34.5 Å². The molecule has 0 radical (unpaired) electrons. The van der Waals surface area contributed by atoms with Crippen molar-refractivity contribution in [3.8, 4) is 5.69 Å². The number of amides is 1. The second-order valence-corrected chi connectivity index (χ2v) is 7.53. The van der Waals surface area contributed by atoms with E-state index in [9.17, 15) is 9.59 Å². The number of hydrogen-bond acceptors (Lipinski definition) is 8. The van der Waals surface area contributed by atoms with Crippen LogP contribution < -0.4 is 4.90 Å². The zero-order chi connectivity index (χ0) is 21.8. The highest BCUT2D eigenvalue weighted by atomic mass is 32.1. The summed E-state index contributed by atoms with van der Waals surface area (Å²) in [6.07, 6.45) is 1.44. The summed E-state index contributed by atoms with van der Waals surface area (Å²) in [6.45, 7) is 3.44. The molecular formula is C21H18N6O3S.